The van der Waals surface area contributed by atoms with Gasteiger partial charge in [-0.25, -0.2) is 0 Å². The summed E-state index contributed by atoms with van der Waals surface area (Å²) in [5.41, 5.74) is 8.87. The molecule has 0 aliphatic carbocycles. The van der Waals surface area contributed by atoms with Crippen LogP contribution in [0.4, 0.5) is 11.4 Å². The molecule has 0 aliphatic rings. The fourth-order valence-electron chi connectivity index (χ4n) is 2.36. The van der Waals surface area contributed by atoms with Gasteiger partial charge in [-0.15, -0.1) is 0 Å². The monoisotopic (exact) mass is 360 g/mol. The molecule has 0 amide bonds. The molecular formula is C21H20N4O2. The number of rotatable bonds is 7. The van der Waals surface area contributed by atoms with Gasteiger partial charge < -0.3 is 9.84 Å². The largest absolute Gasteiger partial charge is 0.504 e. The second kappa shape index (κ2) is 9.05. The Hall–Kier alpha value is -3.80. The predicted molar refractivity (Wildman–Crippen MR) is 110 cm³/mol. The van der Waals surface area contributed by atoms with Crippen molar-refractivity contribution >= 4 is 23.8 Å². The number of aromatic hydroxyl groups is 1. The molecule has 0 saturated carbocycles. The number of phenolic OH excluding ortho intramolecular Hbond substituents is 1. The van der Waals surface area contributed by atoms with Crippen LogP contribution in [0.25, 0.3) is 0 Å². The average Bonchev–Trinajstić information content (AvgIpc) is 2.71. The molecule has 3 aromatic rings. The zero-order valence-electron chi connectivity index (χ0n) is 14.8. The number of para-hydroxylation sites is 2. The van der Waals surface area contributed by atoms with Crippen molar-refractivity contribution in [1.29, 1.82) is 0 Å². The van der Waals surface area contributed by atoms with Gasteiger partial charge in [-0.3, -0.25) is 10.9 Å². The fraction of sp³-hybridized carbons (Fsp3) is 0.0476. The molecule has 0 aliphatic heterocycles. The maximum absolute atomic E-state index is 10.3. The van der Waals surface area contributed by atoms with E-state index in [0.29, 0.717) is 11.3 Å². The second-order valence-corrected chi connectivity index (χ2v) is 5.63. The molecule has 3 aromatic carbocycles. The van der Waals surface area contributed by atoms with Crippen LogP contribution in [0.5, 0.6) is 11.5 Å². The van der Waals surface area contributed by atoms with Gasteiger partial charge in [0.15, 0.2) is 11.5 Å². The first-order chi connectivity index (χ1) is 13.3. The first kappa shape index (κ1) is 18.0. The Morgan fingerprint density at radius 1 is 0.815 bits per heavy atom. The average molecular weight is 360 g/mol. The van der Waals surface area contributed by atoms with Crippen LogP contribution in [0, 0.1) is 0 Å². The van der Waals surface area contributed by atoms with Gasteiger partial charge >= 0.3 is 0 Å². The summed E-state index contributed by atoms with van der Waals surface area (Å²) in [6, 6.07) is 22.6. The molecule has 27 heavy (non-hydrogen) atoms. The minimum Gasteiger partial charge on any atom is -0.504 e. The van der Waals surface area contributed by atoms with Crippen LogP contribution in [0.3, 0.4) is 0 Å². The van der Waals surface area contributed by atoms with E-state index in [9.17, 15) is 5.11 Å². The smallest absolute Gasteiger partial charge is 0.166 e. The normalized spacial score (nSPS) is 11.0. The number of hydrogen-bond donors (Lipinski definition) is 3. The van der Waals surface area contributed by atoms with Crippen LogP contribution in [-0.4, -0.2) is 24.6 Å². The standard InChI is InChI=1S/C21H20N4O2/c1-27-20-13-16(14-22-24-18-8-4-2-5-9-18)12-17(21(20)26)15-23-25-19-10-6-3-7-11-19/h2-15,24-26H,1H3. The second-order valence-electron chi connectivity index (χ2n) is 5.63. The van der Waals surface area contributed by atoms with E-state index in [1.807, 2.05) is 60.7 Å². The topological polar surface area (TPSA) is 78.2 Å². The summed E-state index contributed by atoms with van der Waals surface area (Å²) in [4.78, 5) is 0. The molecule has 0 bridgehead atoms. The van der Waals surface area contributed by atoms with Crippen molar-refractivity contribution in [3.8, 4) is 11.5 Å². The van der Waals surface area contributed by atoms with Crippen LogP contribution in [-0.2, 0) is 0 Å². The number of nitrogens with zero attached hydrogens (tertiary/aromatic N) is 2. The molecular weight excluding hydrogens is 340 g/mol. The van der Waals surface area contributed by atoms with Crippen molar-refractivity contribution in [1.82, 2.24) is 0 Å². The number of anilines is 2. The molecule has 0 heterocycles. The Kier molecular flexibility index (Phi) is 6.04. The Bertz CT molecular complexity index is 926. The van der Waals surface area contributed by atoms with Gasteiger partial charge in [-0.1, -0.05) is 36.4 Å². The Morgan fingerprint density at radius 3 is 1.93 bits per heavy atom. The predicted octanol–water partition coefficient (Wildman–Crippen LogP) is 4.29. The molecule has 6 heteroatoms. The molecule has 0 atom stereocenters. The lowest BCUT2D eigenvalue weighted by atomic mass is 10.1. The Morgan fingerprint density at radius 2 is 1.37 bits per heavy atom. The van der Waals surface area contributed by atoms with Gasteiger partial charge in [0.1, 0.15) is 0 Å². The summed E-state index contributed by atoms with van der Waals surface area (Å²) < 4.78 is 5.24. The summed E-state index contributed by atoms with van der Waals surface area (Å²) in [6.07, 6.45) is 3.18. The summed E-state index contributed by atoms with van der Waals surface area (Å²) in [7, 11) is 1.50. The van der Waals surface area contributed by atoms with Crippen molar-refractivity contribution < 1.29 is 9.84 Å². The van der Waals surface area contributed by atoms with Gasteiger partial charge in [-0.05, 0) is 42.0 Å². The lowest BCUT2D eigenvalue weighted by Crippen LogP contribution is -1.96. The quantitative estimate of drug-likeness (QED) is 0.434. The van der Waals surface area contributed by atoms with Crippen molar-refractivity contribution in [3.63, 3.8) is 0 Å². The van der Waals surface area contributed by atoms with E-state index in [1.54, 1.807) is 18.3 Å². The highest BCUT2D eigenvalue weighted by Crippen LogP contribution is 2.30. The molecule has 0 saturated heterocycles. The minimum absolute atomic E-state index is 0.0179. The number of ether oxygens (including phenoxy) is 1. The van der Waals surface area contributed by atoms with Crippen LogP contribution >= 0.6 is 0 Å². The van der Waals surface area contributed by atoms with Crippen molar-refractivity contribution in [2.24, 2.45) is 10.2 Å². The first-order valence-corrected chi connectivity index (χ1v) is 8.35. The van der Waals surface area contributed by atoms with Gasteiger partial charge in [0.25, 0.3) is 0 Å². The zero-order valence-corrected chi connectivity index (χ0v) is 14.8. The molecule has 0 spiro atoms. The third kappa shape index (κ3) is 5.09. The van der Waals surface area contributed by atoms with E-state index >= 15 is 0 Å². The number of hydrazone groups is 2. The third-order valence-electron chi connectivity index (χ3n) is 3.70. The molecule has 3 N–H and O–H groups in total. The van der Waals surface area contributed by atoms with Gasteiger partial charge in [0.05, 0.1) is 30.9 Å². The highest BCUT2D eigenvalue weighted by atomic mass is 16.5. The van der Waals surface area contributed by atoms with Crippen LogP contribution in [0.1, 0.15) is 11.1 Å². The van der Waals surface area contributed by atoms with Crippen LogP contribution in [0.2, 0.25) is 0 Å². The number of nitrogens with one attached hydrogen (secondary N) is 2. The molecule has 0 radical (unpaired) electrons. The van der Waals surface area contributed by atoms with E-state index < -0.39 is 0 Å². The van der Waals surface area contributed by atoms with Crippen molar-refractivity contribution in [2.45, 2.75) is 0 Å². The summed E-state index contributed by atoms with van der Waals surface area (Å²) in [5, 5.41) is 18.7. The minimum atomic E-state index is 0.0179. The van der Waals surface area contributed by atoms with Gasteiger partial charge in [-0.2, -0.15) is 10.2 Å². The number of benzene rings is 3. The summed E-state index contributed by atoms with van der Waals surface area (Å²) in [6.45, 7) is 0. The summed E-state index contributed by atoms with van der Waals surface area (Å²) in [5.74, 6) is 0.365. The fourth-order valence-corrected chi connectivity index (χ4v) is 2.36. The van der Waals surface area contributed by atoms with E-state index in [-0.39, 0.29) is 5.75 Å². The van der Waals surface area contributed by atoms with Crippen molar-refractivity contribution in [2.75, 3.05) is 18.0 Å². The Balaban J connectivity index is 1.76. The molecule has 0 aromatic heterocycles. The van der Waals surface area contributed by atoms with Gasteiger partial charge in [0.2, 0.25) is 0 Å². The lowest BCUT2D eigenvalue weighted by Gasteiger charge is -2.08. The highest BCUT2D eigenvalue weighted by molar-refractivity contribution is 5.91. The Labute approximate surface area is 157 Å². The van der Waals surface area contributed by atoms with Crippen LogP contribution in [0.15, 0.2) is 83.0 Å². The summed E-state index contributed by atoms with van der Waals surface area (Å²) >= 11 is 0. The number of methoxy groups -OCH3 is 1. The van der Waals surface area contributed by atoms with Crippen molar-refractivity contribution in [3.05, 3.63) is 83.9 Å². The first-order valence-electron chi connectivity index (χ1n) is 8.35. The zero-order chi connectivity index (χ0) is 18.9. The third-order valence-corrected chi connectivity index (χ3v) is 3.70. The SMILES string of the molecule is COc1cc(C=NNc2ccccc2)cc(C=NNc2ccccc2)c1O. The van der Waals surface area contributed by atoms with Crippen LogP contribution < -0.4 is 15.6 Å². The van der Waals surface area contributed by atoms with Gasteiger partial charge in [0, 0.05) is 5.56 Å². The molecule has 6 nitrogen and oxygen atoms in total. The molecule has 0 fully saturated rings. The number of phenols is 1. The van der Waals surface area contributed by atoms with E-state index in [0.717, 1.165) is 16.9 Å². The van der Waals surface area contributed by atoms with E-state index in [1.165, 1.54) is 13.3 Å². The molecule has 136 valence electrons. The maximum Gasteiger partial charge on any atom is 0.166 e. The molecule has 3 rings (SSSR count). The number of hydrogen-bond acceptors (Lipinski definition) is 6. The maximum atomic E-state index is 10.3. The highest BCUT2D eigenvalue weighted by Gasteiger charge is 2.08. The van der Waals surface area contributed by atoms with E-state index in [4.69, 9.17) is 4.74 Å². The van der Waals surface area contributed by atoms with E-state index in [2.05, 4.69) is 21.1 Å². The lowest BCUT2D eigenvalue weighted by molar-refractivity contribution is 0.373. The molecule has 0 unspecified atom stereocenters.